The molecule has 0 saturated carbocycles. The molecule has 0 aromatic rings. The van der Waals surface area contributed by atoms with E-state index in [0.717, 1.165) is 0 Å². The second-order valence-corrected chi connectivity index (χ2v) is 3.28. The van der Waals surface area contributed by atoms with E-state index in [1.807, 2.05) is 13.8 Å². The van der Waals surface area contributed by atoms with Gasteiger partial charge in [-0.3, -0.25) is 4.79 Å². The first kappa shape index (κ1) is 11.1. The van der Waals surface area contributed by atoms with Crippen molar-refractivity contribution < 1.29 is 14.3 Å². The molecule has 3 nitrogen and oxygen atoms in total. The highest BCUT2D eigenvalue weighted by molar-refractivity contribution is 5.92. The third-order valence-electron chi connectivity index (χ3n) is 2.16. The highest BCUT2D eigenvalue weighted by atomic mass is 16.5. The monoisotopic (exact) mass is 172 g/mol. The van der Waals surface area contributed by atoms with Crippen molar-refractivity contribution >= 4 is 12.3 Å². The summed E-state index contributed by atoms with van der Waals surface area (Å²) in [7, 11) is 0. The molecule has 0 rings (SSSR count). The van der Waals surface area contributed by atoms with E-state index in [9.17, 15) is 9.59 Å². The van der Waals surface area contributed by atoms with Gasteiger partial charge in [-0.15, -0.1) is 0 Å². The van der Waals surface area contributed by atoms with E-state index in [0.29, 0.717) is 12.9 Å². The highest BCUT2D eigenvalue weighted by Gasteiger charge is 2.37. The van der Waals surface area contributed by atoms with Gasteiger partial charge in [0.05, 0.1) is 6.61 Å². The van der Waals surface area contributed by atoms with Gasteiger partial charge in [0.15, 0.2) is 0 Å². The summed E-state index contributed by atoms with van der Waals surface area (Å²) in [5.74, 6) is -0.468. The van der Waals surface area contributed by atoms with Crippen LogP contribution in [0.2, 0.25) is 0 Å². The van der Waals surface area contributed by atoms with Crippen molar-refractivity contribution in [1.82, 2.24) is 0 Å². The van der Waals surface area contributed by atoms with Crippen LogP contribution in [0, 0.1) is 11.3 Å². The second kappa shape index (κ2) is 4.24. The highest BCUT2D eigenvalue weighted by Crippen LogP contribution is 2.25. The molecule has 1 atom stereocenters. The van der Waals surface area contributed by atoms with Crippen LogP contribution in [0.1, 0.15) is 27.7 Å². The lowest BCUT2D eigenvalue weighted by molar-refractivity contribution is -0.158. The van der Waals surface area contributed by atoms with Gasteiger partial charge in [-0.25, -0.2) is 0 Å². The molecule has 0 amide bonds. The van der Waals surface area contributed by atoms with E-state index < -0.39 is 11.4 Å². The predicted octanol–water partition coefficient (Wildman–Crippen LogP) is 1.41. The van der Waals surface area contributed by atoms with Crippen molar-refractivity contribution in [3.63, 3.8) is 0 Å². The molecule has 0 aromatic heterocycles. The molecule has 0 unspecified atom stereocenters. The van der Waals surface area contributed by atoms with E-state index in [2.05, 4.69) is 0 Å². The van der Waals surface area contributed by atoms with Gasteiger partial charge in [0.2, 0.25) is 0 Å². The topological polar surface area (TPSA) is 43.4 Å². The van der Waals surface area contributed by atoms with Crippen molar-refractivity contribution in [2.45, 2.75) is 27.7 Å². The Bertz CT molecular complexity index is 175. The van der Waals surface area contributed by atoms with Gasteiger partial charge in [0.1, 0.15) is 11.7 Å². The number of carbonyl (C=O) groups is 2. The number of aldehydes is 1. The molecule has 0 radical (unpaired) electrons. The standard InChI is InChI=1S/C9H16O3/c1-5-12-8(11)9(4,6-10)7(2)3/h6-7H,5H2,1-4H3/t9-/m1/s1. The number of hydrogen-bond donors (Lipinski definition) is 0. The van der Waals surface area contributed by atoms with Crippen LogP contribution in [0.4, 0.5) is 0 Å². The summed E-state index contributed by atoms with van der Waals surface area (Å²) in [6.45, 7) is 7.29. The zero-order chi connectivity index (χ0) is 9.78. The zero-order valence-corrected chi connectivity index (χ0v) is 8.09. The van der Waals surface area contributed by atoms with Crippen molar-refractivity contribution in [3.8, 4) is 0 Å². The quantitative estimate of drug-likeness (QED) is 0.366. The minimum absolute atomic E-state index is 0.0333. The smallest absolute Gasteiger partial charge is 0.319 e. The van der Waals surface area contributed by atoms with Crippen LogP contribution in [0.15, 0.2) is 0 Å². The average Bonchev–Trinajstić information content (AvgIpc) is 2.03. The Morgan fingerprint density at radius 3 is 2.33 bits per heavy atom. The minimum atomic E-state index is -0.990. The van der Waals surface area contributed by atoms with Crippen molar-refractivity contribution in [3.05, 3.63) is 0 Å². The number of rotatable bonds is 4. The maximum Gasteiger partial charge on any atom is 0.319 e. The van der Waals surface area contributed by atoms with Gasteiger partial charge in [-0.1, -0.05) is 13.8 Å². The fraction of sp³-hybridized carbons (Fsp3) is 0.778. The third-order valence-corrected chi connectivity index (χ3v) is 2.16. The Balaban J connectivity index is 4.51. The molecule has 0 spiro atoms. The van der Waals surface area contributed by atoms with Crippen LogP contribution in [0.25, 0.3) is 0 Å². The van der Waals surface area contributed by atoms with Crippen LogP contribution in [-0.2, 0) is 14.3 Å². The van der Waals surface area contributed by atoms with Gasteiger partial charge in [-0.2, -0.15) is 0 Å². The second-order valence-electron chi connectivity index (χ2n) is 3.28. The Labute approximate surface area is 73.1 Å². The van der Waals surface area contributed by atoms with Crippen LogP contribution in [0.3, 0.4) is 0 Å². The molecule has 12 heavy (non-hydrogen) atoms. The molecule has 0 heterocycles. The first-order valence-electron chi connectivity index (χ1n) is 4.12. The summed E-state index contributed by atoms with van der Waals surface area (Å²) in [5, 5.41) is 0. The number of hydrogen-bond acceptors (Lipinski definition) is 3. The Hall–Kier alpha value is -0.860. The summed E-state index contributed by atoms with van der Waals surface area (Å²) in [6, 6.07) is 0. The normalized spacial score (nSPS) is 15.4. The molecule has 0 aromatic carbocycles. The fourth-order valence-corrected chi connectivity index (χ4v) is 0.706. The molecular formula is C9H16O3. The summed E-state index contributed by atoms with van der Waals surface area (Å²) >= 11 is 0. The van der Waals surface area contributed by atoms with Gasteiger partial charge >= 0.3 is 5.97 Å². The van der Waals surface area contributed by atoms with Crippen molar-refractivity contribution in [1.29, 1.82) is 0 Å². The molecule has 0 saturated heterocycles. The lowest BCUT2D eigenvalue weighted by Crippen LogP contribution is -2.36. The van der Waals surface area contributed by atoms with Crippen LogP contribution >= 0.6 is 0 Å². The van der Waals surface area contributed by atoms with E-state index in [-0.39, 0.29) is 5.92 Å². The van der Waals surface area contributed by atoms with Gasteiger partial charge in [-0.05, 0) is 19.8 Å². The number of carbonyl (C=O) groups excluding carboxylic acids is 2. The molecule has 0 aliphatic rings. The maximum absolute atomic E-state index is 11.3. The van der Waals surface area contributed by atoms with Gasteiger partial charge in [0.25, 0.3) is 0 Å². The molecule has 0 aliphatic carbocycles. The zero-order valence-electron chi connectivity index (χ0n) is 8.09. The maximum atomic E-state index is 11.3. The Kier molecular flexibility index (Phi) is 3.93. The third kappa shape index (κ3) is 2.06. The first-order chi connectivity index (χ1) is 5.49. The van der Waals surface area contributed by atoms with Gasteiger partial charge in [0, 0.05) is 0 Å². The predicted molar refractivity (Wildman–Crippen MR) is 45.6 cm³/mol. The van der Waals surface area contributed by atoms with Crippen molar-refractivity contribution in [2.75, 3.05) is 6.61 Å². The summed E-state index contributed by atoms with van der Waals surface area (Å²) < 4.78 is 4.79. The van der Waals surface area contributed by atoms with Crippen LogP contribution < -0.4 is 0 Å². The number of ether oxygens (including phenoxy) is 1. The SMILES string of the molecule is CCOC(=O)[C@](C)(C=O)C(C)C. The van der Waals surface area contributed by atoms with Crippen LogP contribution in [-0.4, -0.2) is 18.9 Å². The van der Waals surface area contributed by atoms with Crippen molar-refractivity contribution in [2.24, 2.45) is 11.3 Å². The van der Waals surface area contributed by atoms with E-state index >= 15 is 0 Å². The molecule has 0 N–H and O–H groups in total. The molecule has 70 valence electrons. The molecule has 0 fully saturated rings. The lowest BCUT2D eigenvalue weighted by Gasteiger charge is -2.24. The average molecular weight is 172 g/mol. The molecule has 0 aliphatic heterocycles. The fourth-order valence-electron chi connectivity index (χ4n) is 0.706. The summed E-state index contributed by atoms with van der Waals surface area (Å²) in [4.78, 5) is 22.0. The molecule has 3 heteroatoms. The Morgan fingerprint density at radius 2 is 2.08 bits per heavy atom. The van der Waals surface area contributed by atoms with E-state index in [1.165, 1.54) is 0 Å². The van der Waals surface area contributed by atoms with E-state index in [1.54, 1.807) is 13.8 Å². The van der Waals surface area contributed by atoms with E-state index in [4.69, 9.17) is 4.74 Å². The lowest BCUT2D eigenvalue weighted by atomic mass is 9.81. The summed E-state index contributed by atoms with van der Waals surface area (Å²) in [5.41, 5.74) is -0.990. The Morgan fingerprint density at radius 1 is 1.58 bits per heavy atom. The first-order valence-corrected chi connectivity index (χ1v) is 4.12. The largest absolute Gasteiger partial charge is 0.465 e. The number of esters is 1. The minimum Gasteiger partial charge on any atom is -0.465 e. The molecule has 0 bridgehead atoms. The van der Waals surface area contributed by atoms with Gasteiger partial charge < -0.3 is 9.53 Å². The van der Waals surface area contributed by atoms with Crippen LogP contribution in [0.5, 0.6) is 0 Å². The molecular weight excluding hydrogens is 156 g/mol. The summed E-state index contributed by atoms with van der Waals surface area (Å²) in [6.07, 6.45) is 0.662.